The van der Waals surface area contributed by atoms with E-state index >= 15 is 0 Å². The Kier molecular flexibility index (Phi) is 6.63. The molecule has 2 aromatic carbocycles. The molecule has 7 nitrogen and oxygen atoms in total. The zero-order chi connectivity index (χ0) is 26.2. The first-order chi connectivity index (χ1) is 17.7. The lowest BCUT2D eigenvalue weighted by molar-refractivity contribution is -0.137. The average Bonchev–Trinajstić information content (AvgIpc) is 2.91. The maximum atomic E-state index is 13.2. The minimum atomic E-state index is -4.42. The lowest BCUT2D eigenvalue weighted by Gasteiger charge is -2.35. The summed E-state index contributed by atoms with van der Waals surface area (Å²) in [7, 11) is 1.62. The molecule has 1 saturated heterocycles. The number of benzene rings is 2. The summed E-state index contributed by atoms with van der Waals surface area (Å²) in [4.78, 5) is 41.2. The number of amides is 2. The standard InChI is InChI=1S/C26H22F3N5O2S/c1-32-20-16-18(23(35)33-11-13-34(14-12-33)25-30-9-2-10-31-25)5-8-21(20)37-22(24(32)36)15-17-3-6-19(7-4-17)26(27,28)29/h2-10,15-16H,11-14H2,1H3/b22-15+. The average molecular weight is 526 g/mol. The molecule has 2 amide bonds. The topological polar surface area (TPSA) is 69.6 Å². The van der Waals surface area contributed by atoms with Crippen LogP contribution < -0.4 is 9.80 Å². The van der Waals surface area contributed by atoms with Gasteiger partial charge in [-0.2, -0.15) is 13.2 Å². The van der Waals surface area contributed by atoms with Crippen LogP contribution >= 0.6 is 11.8 Å². The molecule has 0 unspecified atom stereocenters. The molecule has 5 rings (SSSR count). The highest BCUT2D eigenvalue weighted by Gasteiger charge is 2.31. The Labute approximate surface area is 215 Å². The Morgan fingerprint density at radius 2 is 1.68 bits per heavy atom. The van der Waals surface area contributed by atoms with Crippen molar-refractivity contribution in [2.75, 3.05) is 43.0 Å². The summed E-state index contributed by atoms with van der Waals surface area (Å²) in [5.74, 6) is 0.229. The first kappa shape index (κ1) is 24.8. The number of rotatable bonds is 3. The van der Waals surface area contributed by atoms with Crippen LogP contribution in [0.15, 0.2) is 70.7 Å². The van der Waals surface area contributed by atoms with Crippen LogP contribution in [0.5, 0.6) is 0 Å². The van der Waals surface area contributed by atoms with E-state index in [9.17, 15) is 22.8 Å². The summed E-state index contributed by atoms with van der Waals surface area (Å²) in [5, 5.41) is 0. The van der Waals surface area contributed by atoms with Crippen molar-refractivity contribution in [2.45, 2.75) is 11.1 Å². The van der Waals surface area contributed by atoms with Crippen LogP contribution in [-0.2, 0) is 11.0 Å². The number of halogens is 3. The van der Waals surface area contributed by atoms with Gasteiger partial charge in [0.15, 0.2) is 0 Å². The minimum absolute atomic E-state index is 0.117. The second-order valence-corrected chi connectivity index (χ2v) is 9.69. The summed E-state index contributed by atoms with van der Waals surface area (Å²) in [6.45, 7) is 2.29. The van der Waals surface area contributed by atoms with E-state index in [1.165, 1.54) is 28.8 Å². The quantitative estimate of drug-likeness (QED) is 0.467. The van der Waals surface area contributed by atoms with Gasteiger partial charge in [-0.1, -0.05) is 23.9 Å². The maximum Gasteiger partial charge on any atom is 0.416 e. The van der Waals surface area contributed by atoms with Gasteiger partial charge in [-0.25, -0.2) is 9.97 Å². The van der Waals surface area contributed by atoms with Crippen LogP contribution in [0.4, 0.5) is 24.8 Å². The molecule has 37 heavy (non-hydrogen) atoms. The van der Waals surface area contributed by atoms with E-state index in [1.807, 2.05) is 4.90 Å². The summed E-state index contributed by atoms with van der Waals surface area (Å²) in [6.07, 6.45) is 0.528. The second-order valence-electron chi connectivity index (χ2n) is 8.61. The summed E-state index contributed by atoms with van der Waals surface area (Å²) in [5.41, 5.74) is 0.847. The molecule has 0 N–H and O–H groups in total. The molecule has 11 heteroatoms. The predicted molar refractivity (Wildman–Crippen MR) is 135 cm³/mol. The van der Waals surface area contributed by atoms with Crippen molar-refractivity contribution in [1.29, 1.82) is 0 Å². The van der Waals surface area contributed by atoms with E-state index in [1.54, 1.807) is 54.7 Å². The molecule has 2 aliphatic heterocycles. The third-order valence-electron chi connectivity index (χ3n) is 6.24. The van der Waals surface area contributed by atoms with Crippen molar-refractivity contribution in [3.05, 3.63) is 82.5 Å². The van der Waals surface area contributed by atoms with Gasteiger partial charge in [0.25, 0.3) is 11.8 Å². The van der Waals surface area contributed by atoms with Gasteiger partial charge in [0.05, 0.1) is 16.2 Å². The Morgan fingerprint density at radius 1 is 1.00 bits per heavy atom. The monoisotopic (exact) mass is 525 g/mol. The number of alkyl halides is 3. The number of hydrogen-bond acceptors (Lipinski definition) is 6. The molecule has 0 spiro atoms. The normalized spacial score (nSPS) is 17.2. The van der Waals surface area contributed by atoms with Crippen LogP contribution in [-0.4, -0.2) is 59.9 Å². The van der Waals surface area contributed by atoms with Crippen LogP contribution in [0.1, 0.15) is 21.5 Å². The first-order valence-corrected chi connectivity index (χ1v) is 12.3. The number of hydrogen-bond donors (Lipinski definition) is 0. The number of thioether (sulfide) groups is 1. The van der Waals surface area contributed by atoms with Gasteiger partial charge >= 0.3 is 6.18 Å². The molecule has 3 heterocycles. The van der Waals surface area contributed by atoms with Crippen molar-refractivity contribution < 1.29 is 22.8 Å². The fourth-order valence-corrected chi connectivity index (χ4v) is 5.29. The lowest BCUT2D eigenvalue weighted by atomic mass is 10.1. The summed E-state index contributed by atoms with van der Waals surface area (Å²) in [6, 6.07) is 11.7. The van der Waals surface area contributed by atoms with E-state index in [-0.39, 0.29) is 11.8 Å². The molecule has 190 valence electrons. The van der Waals surface area contributed by atoms with Gasteiger partial charge < -0.3 is 14.7 Å². The van der Waals surface area contributed by atoms with Gasteiger partial charge in [0.1, 0.15) is 0 Å². The van der Waals surface area contributed by atoms with Crippen molar-refractivity contribution in [1.82, 2.24) is 14.9 Å². The van der Waals surface area contributed by atoms with Crippen LogP contribution in [0.3, 0.4) is 0 Å². The Bertz CT molecular complexity index is 1350. The number of anilines is 2. The van der Waals surface area contributed by atoms with E-state index in [4.69, 9.17) is 0 Å². The van der Waals surface area contributed by atoms with Crippen molar-refractivity contribution in [3.63, 3.8) is 0 Å². The molecule has 0 aliphatic carbocycles. The van der Waals surface area contributed by atoms with Crippen molar-refractivity contribution in [3.8, 4) is 0 Å². The van der Waals surface area contributed by atoms with Crippen molar-refractivity contribution in [2.24, 2.45) is 0 Å². The van der Waals surface area contributed by atoms with E-state index in [0.717, 1.165) is 17.0 Å². The molecule has 0 saturated carbocycles. The Hall–Kier alpha value is -3.86. The zero-order valence-electron chi connectivity index (χ0n) is 19.8. The van der Waals surface area contributed by atoms with Gasteiger partial charge in [-0.15, -0.1) is 0 Å². The SMILES string of the molecule is CN1C(=O)/C(=C\c2ccc(C(F)(F)F)cc2)Sc2ccc(C(=O)N3CCN(c4ncccn4)CC3)cc21. The molecular weight excluding hydrogens is 503 g/mol. The van der Waals surface area contributed by atoms with Crippen LogP contribution in [0.25, 0.3) is 6.08 Å². The number of aromatic nitrogens is 2. The smallest absolute Gasteiger partial charge is 0.337 e. The predicted octanol–water partition coefficient (Wildman–Crippen LogP) is 4.57. The fourth-order valence-electron chi connectivity index (χ4n) is 4.19. The third-order valence-corrected chi connectivity index (χ3v) is 7.32. The summed E-state index contributed by atoms with van der Waals surface area (Å²) >= 11 is 1.23. The largest absolute Gasteiger partial charge is 0.416 e. The number of fused-ring (bicyclic) bond motifs is 1. The highest BCUT2D eigenvalue weighted by Crippen LogP contribution is 2.42. The van der Waals surface area contributed by atoms with Crippen molar-refractivity contribution >= 4 is 41.3 Å². The number of likely N-dealkylation sites (N-methyl/N-ethyl adjacent to an activating group) is 1. The Morgan fingerprint density at radius 3 is 2.32 bits per heavy atom. The fraction of sp³-hybridized carbons (Fsp3) is 0.231. The van der Waals surface area contributed by atoms with E-state index in [2.05, 4.69) is 9.97 Å². The molecule has 1 aromatic heterocycles. The third kappa shape index (κ3) is 5.17. The molecule has 0 radical (unpaired) electrons. The van der Waals surface area contributed by atoms with Gasteiger partial charge in [0.2, 0.25) is 5.95 Å². The highest BCUT2D eigenvalue weighted by molar-refractivity contribution is 8.04. The molecule has 1 fully saturated rings. The van der Waals surface area contributed by atoms with E-state index < -0.39 is 11.7 Å². The second kappa shape index (κ2) is 9.89. The molecule has 0 atom stereocenters. The van der Waals surface area contributed by atoms with E-state index in [0.29, 0.717) is 53.8 Å². The van der Waals surface area contributed by atoms with Gasteiger partial charge in [-0.3, -0.25) is 9.59 Å². The van der Waals surface area contributed by atoms with Crippen LogP contribution in [0, 0.1) is 0 Å². The lowest BCUT2D eigenvalue weighted by Crippen LogP contribution is -2.49. The first-order valence-electron chi connectivity index (χ1n) is 11.5. The zero-order valence-corrected chi connectivity index (χ0v) is 20.6. The molecular formula is C26H22F3N5O2S. The molecule has 2 aliphatic rings. The maximum absolute atomic E-state index is 13.2. The van der Waals surface area contributed by atoms with Gasteiger partial charge in [-0.05, 0) is 48.0 Å². The van der Waals surface area contributed by atoms with Gasteiger partial charge in [0, 0.05) is 56.1 Å². The molecule has 3 aromatic rings. The highest BCUT2D eigenvalue weighted by atomic mass is 32.2. The number of carbonyl (C=O) groups is 2. The Balaban J connectivity index is 1.30. The van der Waals surface area contributed by atoms with Crippen LogP contribution in [0.2, 0.25) is 0 Å². The summed E-state index contributed by atoms with van der Waals surface area (Å²) < 4.78 is 38.5. The minimum Gasteiger partial charge on any atom is -0.337 e. The number of piperazine rings is 1. The number of nitrogens with zero attached hydrogens (tertiary/aromatic N) is 5. The number of carbonyl (C=O) groups excluding carboxylic acids is 2. The molecule has 0 bridgehead atoms.